The number of halogens is 2. The molecule has 0 spiro atoms. The van der Waals surface area contributed by atoms with Gasteiger partial charge in [-0.1, -0.05) is 13.8 Å². The van der Waals surface area contributed by atoms with E-state index in [4.69, 9.17) is 4.74 Å². The maximum Gasteiger partial charge on any atom is 0.408 e. The molecule has 2 unspecified atom stereocenters. The molecular formula is C21H34F2N2O5. The summed E-state index contributed by atoms with van der Waals surface area (Å²) >= 11 is 0. The number of likely N-dealkylation sites (tertiary alicyclic amines) is 1. The van der Waals surface area contributed by atoms with Crippen LogP contribution in [0.15, 0.2) is 0 Å². The smallest absolute Gasteiger partial charge is 0.408 e. The third kappa shape index (κ3) is 6.04. The van der Waals surface area contributed by atoms with Crippen molar-refractivity contribution >= 4 is 18.0 Å². The van der Waals surface area contributed by atoms with Crippen molar-refractivity contribution in [1.29, 1.82) is 0 Å². The molecular weight excluding hydrogens is 398 g/mol. The van der Waals surface area contributed by atoms with Crippen LogP contribution in [-0.4, -0.2) is 58.1 Å². The van der Waals surface area contributed by atoms with Gasteiger partial charge in [0.15, 0.2) is 0 Å². The van der Waals surface area contributed by atoms with Crippen LogP contribution >= 0.6 is 0 Å². The van der Waals surface area contributed by atoms with Gasteiger partial charge in [0.2, 0.25) is 11.8 Å². The van der Waals surface area contributed by atoms with Gasteiger partial charge >= 0.3 is 12.1 Å². The van der Waals surface area contributed by atoms with E-state index >= 15 is 0 Å². The zero-order chi connectivity index (χ0) is 22.9. The fraction of sp³-hybridized carbons (Fsp3) is 0.857. The van der Waals surface area contributed by atoms with E-state index in [1.807, 2.05) is 13.8 Å². The van der Waals surface area contributed by atoms with E-state index in [2.05, 4.69) is 5.32 Å². The number of alkyl carbamates (subject to hydrolysis) is 1. The Morgan fingerprint density at radius 3 is 2.17 bits per heavy atom. The highest BCUT2D eigenvalue weighted by atomic mass is 19.3. The monoisotopic (exact) mass is 432 g/mol. The molecule has 9 heteroatoms. The largest absolute Gasteiger partial charge is 0.480 e. The summed E-state index contributed by atoms with van der Waals surface area (Å²) in [6.07, 6.45) is -0.869. The average Bonchev–Trinajstić information content (AvgIpc) is 3.03. The molecule has 2 aliphatic rings. The van der Waals surface area contributed by atoms with Crippen molar-refractivity contribution < 1.29 is 33.0 Å². The van der Waals surface area contributed by atoms with Crippen molar-refractivity contribution in [2.24, 2.45) is 17.8 Å². The number of alkyl halides is 2. The maximum absolute atomic E-state index is 13.7. The van der Waals surface area contributed by atoms with Crippen LogP contribution in [0.1, 0.15) is 66.7 Å². The van der Waals surface area contributed by atoms with Gasteiger partial charge in [0, 0.05) is 19.4 Å². The third-order valence-electron chi connectivity index (χ3n) is 6.01. The number of aliphatic carboxylic acids is 1. The second-order valence-corrected chi connectivity index (χ2v) is 9.83. The van der Waals surface area contributed by atoms with E-state index in [1.54, 1.807) is 20.8 Å². The van der Waals surface area contributed by atoms with Gasteiger partial charge in [-0.15, -0.1) is 0 Å². The molecule has 1 aliphatic carbocycles. The Bertz CT molecular complexity index is 652. The Kier molecular flexibility index (Phi) is 7.35. The minimum Gasteiger partial charge on any atom is -0.480 e. The molecule has 30 heavy (non-hydrogen) atoms. The number of nitrogens with one attached hydrogen (secondary N) is 1. The summed E-state index contributed by atoms with van der Waals surface area (Å²) in [6, 6.07) is -2.09. The first-order valence-electron chi connectivity index (χ1n) is 10.6. The fourth-order valence-electron chi connectivity index (χ4n) is 4.47. The standard InChI is InChI=1S/C21H34F2N2O5/c1-12(2)14-8-11-25(16(14)18(27)28)17(26)15(24-19(29)30-20(3,4)5)13-6-9-21(22,23)10-7-13/h12-16H,6-11H2,1-5H3,(H,24,29)(H,27,28)/t14?,15-,16?/m0/s1. The zero-order valence-electron chi connectivity index (χ0n) is 18.4. The molecule has 2 amide bonds. The summed E-state index contributed by atoms with van der Waals surface area (Å²) in [7, 11) is 0. The van der Waals surface area contributed by atoms with Gasteiger partial charge in [0.1, 0.15) is 17.7 Å². The van der Waals surface area contributed by atoms with Crippen molar-refractivity contribution in [1.82, 2.24) is 10.2 Å². The van der Waals surface area contributed by atoms with Gasteiger partial charge in [-0.3, -0.25) is 4.79 Å². The minimum absolute atomic E-state index is 0.0644. The highest BCUT2D eigenvalue weighted by Crippen LogP contribution is 2.39. The number of nitrogens with zero attached hydrogens (tertiary/aromatic N) is 1. The van der Waals surface area contributed by atoms with Crippen molar-refractivity contribution in [2.45, 2.75) is 90.3 Å². The number of hydrogen-bond donors (Lipinski definition) is 2. The van der Waals surface area contributed by atoms with Crippen LogP contribution in [0, 0.1) is 17.8 Å². The lowest BCUT2D eigenvalue weighted by Gasteiger charge is -2.36. The van der Waals surface area contributed by atoms with Crippen molar-refractivity contribution in [3.8, 4) is 0 Å². The molecule has 7 nitrogen and oxygen atoms in total. The highest BCUT2D eigenvalue weighted by molar-refractivity contribution is 5.90. The molecule has 0 aromatic rings. The molecule has 2 rings (SSSR count). The van der Waals surface area contributed by atoms with E-state index in [-0.39, 0.29) is 44.1 Å². The molecule has 1 heterocycles. The first-order valence-corrected chi connectivity index (χ1v) is 10.6. The van der Waals surface area contributed by atoms with Crippen LogP contribution < -0.4 is 5.32 Å². The lowest BCUT2D eigenvalue weighted by atomic mass is 9.81. The van der Waals surface area contributed by atoms with Gasteiger partial charge in [-0.25, -0.2) is 18.4 Å². The Morgan fingerprint density at radius 1 is 1.13 bits per heavy atom. The van der Waals surface area contributed by atoms with Gasteiger partial charge in [-0.05, 0) is 57.8 Å². The Labute approximate surface area is 176 Å². The summed E-state index contributed by atoms with van der Waals surface area (Å²) in [6.45, 7) is 9.12. The second kappa shape index (κ2) is 9.06. The summed E-state index contributed by atoms with van der Waals surface area (Å²) in [5.74, 6) is -5.05. The van der Waals surface area contributed by atoms with Crippen LogP contribution in [0.4, 0.5) is 13.6 Å². The normalized spacial score (nSPS) is 25.8. The van der Waals surface area contributed by atoms with E-state index in [0.717, 1.165) is 0 Å². The van der Waals surface area contributed by atoms with Crippen molar-refractivity contribution in [2.75, 3.05) is 6.54 Å². The summed E-state index contributed by atoms with van der Waals surface area (Å²) in [5, 5.41) is 12.3. The van der Waals surface area contributed by atoms with E-state index in [1.165, 1.54) is 4.90 Å². The number of hydrogen-bond acceptors (Lipinski definition) is 4. The van der Waals surface area contributed by atoms with Crippen molar-refractivity contribution in [3.63, 3.8) is 0 Å². The molecule has 2 fully saturated rings. The molecule has 1 saturated carbocycles. The summed E-state index contributed by atoms with van der Waals surface area (Å²) in [5.41, 5.74) is -0.794. The lowest BCUT2D eigenvalue weighted by molar-refractivity contribution is -0.151. The minimum atomic E-state index is -2.78. The quantitative estimate of drug-likeness (QED) is 0.691. The summed E-state index contributed by atoms with van der Waals surface area (Å²) in [4.78, 5) is 39.0. The van der Waals surface area contributed by atoms with E-state index in [9.17, 15) is 28.3 Å². The predicted molar refractivity (Wildman–Crippen MR) is 106 cm³/mol. The Balaban J connectivity index is 2.25. The van der Waals surface area contributed by atoms with Crippen LogP contribution in [-0.2, 0) is 14.3 Å². The average molecular weight is 433 g/mol. The summed E-state index contributed by atoms with van der Waals surface area (Å²) < 4.78 is 32.6. The topological polar surface area (TPSA) is 95.9 Å². The molecule has 0 bridgehead atoms. The number of carbonyl (C=O) groups excluding carboxylic acids is 2. The molecule has 172 valence electrons. The Morgan fingerprint density at radius 2 is 1.70 bits per heavy atom. The molecule has 1 saturated heterocycles. The van der Waals surface area contributed by atoms with Gasteiger partial charge in [0.05, 0.1) is 0 Å². The maximum atomic E-state index is 13.7. The Hall–Kier alpha value is -1.93. The van der Waals surface area contributed by atoms with Gasteiger partial charge in [0.25, 0.3) is 0 Å². The predicted octanol–water partition coefficient (Wildman–Crippen LogP) is 3.66. The first-order chi connectivity index (χ1) is 13.7. The van der Waals surface area contributed by atoms with Crippen molar-refractivity contribution in [3.05, 3.63) is 0 Å². The molecule has 2 N–H and O–H groups in total. The molecule has 0 aromatic heterocycles. The second-order valence-electron chi connectivity index (χ2n) is 9.83. The first kappa shape index (κ1) is 24.3. The van der Waals surface area contributed by atoms with Gasteiger partial charge in [-0.2, -0.15) is 0 Å². The fourth-order valence-corrected chi connectivity index (χ4v) is 4.47. The molecule has 1 aliphatic heterocycles. The molecule has 3 atom stereocenters. The van der Waals surface area contributed by atoms with Crippen LogP contribution in [0.3, 0.4) is 0 Å². The van der Waals surface area contributed by atoms with Gasteiger partial charge < -0.3 is 20.1 Å². The molecule has 0 aromatic carbocycles. The van der Waals surface area contributed by atoms with E-state index in [0.29, 0.717) is 6.42 Å². The molecule has 0 radical (unpaired) electrons. The number of rotatable bonds is 5. The highest BCUT2D eigenvalue weighted by Gasteiger charge is 2.48. The number of carboxylic acid groups (broad SMARTS) is 1. The zero-order valence-corrected chi connectivity index (χ0v) is 18.4. The number of carboxylic acids is 1. The van der Waals surface area contributed by atoms with Crippen LogP contribution in [0.5, 0.6) is 0 Å². The van der Waals surface area contributed by atoms with Crippen LogP contribution in [0.2, 0.25) is 0 Å². The number of amides is 2. The number of carbonyl (C=O) groups is 3. The van der Waals surface area contributed by atoms with Crippen LogP contribution in [0.25, 0.3) is 0 Å². The van der Waals surface area contributed by atoms with E-state index < -0.39 is 47.5 Å². The SMILES string of the molecule is CC(C)C1CCN(C(=O)[C@@H](NC(=O)OC(C)(C)C)C2CCC(F)(F)CC2)C1C(=O)O. The lowest BCUT2D eigenvalue weighted by Crippen LogP contribution is -2.56. The number of ether oxygens (including phenoxy) is 1. The third-order valence-corrected chi connectivity index (χ3v) is 6.01.